The first kappa shape index (κ1) is 14.6. The molecule has 0 atom stereocenters. The lowest BCUT2D eigenvalue weighted by Crippen LogP contribution is -3.00. The lowest BCUT2D eigenvalue weighted by molar-refractivity contribution is -0.871. The largest absolute Gasteiger partial charge is 1.00 e. The topological polar surface area (TPSA) is 41.5 Å². The van der Waals surface area contributed by atoms with E-state index in [0.717, 1.165) is 11.0 Å². The standard InChI is InChI=1S/C7H19N2O2.ClH/c1-9(2,3)5-7-11-8-4-6-10;/h8,10H,4-7H2,1-3H3;1H/q+1;/p-1. The van der Waals surface area contributed by atoms with Crippen molar-refractivity contribution < 1.29 is 26.8 Å². The zero-order valence-corrected chi connectivity index (χ0v) is 8.76. The Bertz CT molecular complexity index is 95.9. The molecule has 0 aliphatic carbocycles. The molecule has 12 heavy (non-hydrogen) atoms. The van der Waals surface area contributed by atoms with Crippen molar-refractivity contribution in [3.8, 4) is 0 Å². The molecule has 0 fully saturated rings. The molecule has 0 aromatic carbocycles. The van der Waals surface area contributed by atoms with Crippen molar-refractivity contribution >= 4 is 0 Å². The fourth-order valence-corrected chi connectivity index (χ4v) is 0.509. The summed E-state index contributed by atoms with van der Waals surface area (Å²) >= 11 is 0. The number of halogens is 1. The molecule has 0 saturated heterocycles. The Morgan fingerprint density at radius 2 is 1.92 bits per heavy atom. The van der Waals surface area contributed by atoms with E-state index in [-0.39, 0.29) is 19.0 Å². The monoisotopic (exact) mass is 198 g/mol. The van der Waals surface area contributed by atoms with Gasteiger partial charge in [0.15, 0.2) is 0 Å². The Kier molecular flexibility index (Phi) is 9.47. The molecule has 0 aromatic heterocycles. The Morgan fingerprint density at radius 1 is 1.33 bits per heavy atom. The number of hydroxylamine groups is 1. The lowest BCUT2D eigenvalue weighted by atomic mass is 10.5. The van der Waals surface area contributed by atoms with Crippen molar-refractivity contribution in [2.24, 2.45) is 0 Å². The Balaban J connectivity index is 0. The third-order valence-electron chi connectivity index (χ3n) is 1.18. The minimum atomic E-state index is 0. The predicted molar refractivity (Wildman–Crippen MR) is 43.9 cm³/mol. The van der Waals surface area contributed by atoms with Crippen molar-refractivity contribution in [2.75, 3.05) is 47.4 Å². The zero-order valence-electron chi connectivity index (χ0n) is 8.01. The second-order valence-electron chi connectivity index (χ2n) is 3.48. The summed E-state index contributed by atoms with van der Waals surface area (Å²) in [7, 11) is 6.32. The van der Waals surface area contributed by atoms with Crippen LogP contribution in [0.25, 0.3) is 0 Å². The van der Waals surface area contributed by atoms with Crippen LogP contribution < -0.4 is 17.9 Å². The first-order chi connectivity index (χ1) is 5.06. The normalized spacial score (nSPS) is 11.0. The van der Waals surface area contributed by atoms with Crippen LogP contribution in [0.15, 0.2) is 0 Å². The summed E-state index contributed by atoms with van der Waals surface area (Å²) in [6.45, 7) is 2.24. The Labute approximate surface area is 80.5 Å². The molecule has 0 heterocycles. The predicted octanol–water partition coefficient (Wildman–Crippen LogP) is -3.79. The summed E-state index contributed by atoms with van der Waals surface area (Å²) < 4.78 is 0.890. The van der Waals surface area contributed by atoms with Gasteiger partial charge in [0.2, 0.25) is 0 Å². The zero-order chi connectivity index (χ0) is 8.74. The SMILES string of the molecule is C[N+](C)(C)CCONCCO.[Cl-]. The van der Waals surface area contributed by atoms with Crippen LogP contribution in [-0.4, -0.2) is 57.0 Å². The molecular weight excluding hydrogens is 180 g/mol. The highest BCUT2D eigenvalue weighted by molar-refractivity contribution is 4.28. The third-order valence-corrected chi connectivity index (χ3v) is 1.18. The second kappa shape index (κ2) is 7.76. The van der Waals surface area contributed by atoms with Gasteiger partial charge < -0.3 is 22.0 Å². The van der Waals surface area contributed by atoms with Gasteiger partial charge in [0.05, 0.1) is 27.7 Å². The van der Waals surface area contributed by atoms with Gasteiger partial charge in [-0.25, -0.2) is 5.48 Å². The lowest BCUT2D eigenvalue weighted by Gasteiger charge is -2.23. The molecule has 5 heteroatoms. The van der Waals surface area contributed by atoms with E-state index in [1.165, 1.54) is 0 Å². The summed E-state index contributed by atoms with van der Waals surface area (Å²) in [6, 6.07) is 0. The maximum absolute atomic E-state index is 8.38. The molecule has 0 bridgehead atoms. The molecule has 76 valence electrons. The Morgan fingerprint density at radius 3 is 2.33 bits per heavy atom. The van der Waals surface area contributed by atoms with E-state index in [9.17, 15) is 0 Å². The van der Waals surface area contributed by atoms with E-state index in [1.807, 2.05) is 0 Å². The van der Waals surface area contributed by atoms with Gasteiger partial charge in [0.25, 0.3) is 0 Å². The van der Waals surface area contributed by atoms with Crippen molar-refractivity contribution in [3.63, 3.8) is 0 Å². The molecule has 0 spiro atoms. The molecule has 2 N–H and O–H groups in total. The molecule has 0 amide bonds. The summed E-state index contributed by atoms with van der Waals surface area (Å²) in [5.74, 6) is 0. The van der Waals surface area contributed by atoms with Crippen LogP contribution in [0.4, 0.5) is 0 Å². The van der Waals surface area contributed by atoms with Gasteiger partial charge in [-0.15, -0.1) is 0 Å². The fourth-order valence-electron chi connectivity index (χ4n) is 0.509. The molecule has 0 saturated carbocycles. The second-order valence-corrected chi connectivity index (χ2v) is 3.48. The summed E-state index contributed by atoms with van der Waals surface area (Å²) in [5, 5.41) is 8.38. The minimum absolute atomic E-state index is 0. The van der Waals surface area contributed by atoms with Crippen LogP contribution >= 0.6 is 0 Å². The van der Waals surface area contributed by atoms with E-state index < -0.39 is 0 Å². The highest BCUT2D eigenvalue weighted by atomic mass is 35.5. The maximum Gasteiger partial charge on any atom is 0.117 e. The van der Waals surface area contributed by atoms with Gasteiger partial charge in [-0.1, -0.05) is 0 Å². The maximum atomic E-state index is 8.38. The van der Waals surface area contributed by atoms with Gasteiger partial charge in [-0.05, 0) is 0 Å². The van der Waals surface area contributed by atoms with Crippen molar-refractivity contribution in [1.29, 1.82) is 0 Å². The number of likely N-dealkylation sites (N-methyl/N-ethyl adjacent to an activating group) is 1. The highest BCUT2D eigenvalue weighted by Gasteiger charge is 2.04. The molecule has 0 rings (SSSR count). The third kappa shape index (κ3) is 12.8. The van der Waals surface area contributed by atoms with Crippen molar-refractivity contribution in [1.82, 2.24) is 5.48 Å². The number of aliphatic hydroxyl groups excluding tert-OH is 1. The molecule has 0 aromatic rings. The minimum Gasteiger partial charge on any atom is -1.00 e. The van der Waals surface area contributed by atoms with Crippen molar-refractivity contribution in [2.45, 2.75) is 0 Å². The van der Waals surface area contributed by atoms with Crippen LogP contribution in [0.1, 0.15) is 0 Å². The fraction of sp³-hybridized carbons (Fsp3) is 1.00. The van der Waals surface area contributed by atoms with Crippen LogP contribution in [0.3, 0.4) is 0 Å². The van der Waals surface area contributed by atoms with Gasteiger partial charge >= 0.3 is 0 Å². The first-order valence-corrected chi connectivity index (χ1v) is 3.82. The molecule has 0 unspecified atom stereocenters. The summed E-state index contributed by atoms with van der Waals surface area (Å²) in [6.07, 6.45) is 0. The van der Waals surface area contributed by atoms with Crippen LogP contribution in [0, 0.1) is 0 Å². The average Bonchev–Trinajstić information content (AvgIpc) is 1.85. The van der Waals surface area contributed by atoms with E-state index in [0.29, 0.717) is 13.2 Å². The molecule has 0 aliphatic rings. The van der Waals surface area contributed by atoms with Gasteiger partial charge in [0.1, 0.15) is 13.2 Å². The summed E-state index contributed by atoms with van der Waals surface area (Å²) in [4.78, 5) is 5.02. The Hall–Kier alpha value is 0.130. The highest BCUT2D eigenvalue weighted by Crippen LogP contribution is 1.87. The number of nitrogens with one attached hydrogen (secondary N) is 1. The van der Waals surface area contributed by atoms with Crippen LogP contribution in [0.5, 0.6) is 0 Å². The molecule has 0 aliphatic heterocycles. The van der Waals surface area contributed by atoms with Gasteiger partial charge in [-0.2, -0.15) is 0 Å². The van der Waals surface area contributed by atoms with Gasteiger partial charge in [0, 0.05) is 6.54 Å². The molecule has 0 radical (unpaired) electrons. The van der Waals surface area contributed by atoms with E-state index in [4.69, 9.17) is 9.94 Å². The number of rotatable bonds is 6. The number of nitrogens with zero attached hydrogens (tertiary/aromatic N) is 1. The van der Waals surface area contributed by atoms with Crippen molar-refractivity contribution in [3.05, 3.63) is 0 Å². The van der Waals surface area contributed by atoms with E-state index in [2.05, 4.69) is 26.6 Å². The average molecular weight is 199 g/mol. The number of hydrogen-bond donors (Lipinski definition) is 2. The van der Waals surface area contributed by atoms with E-state index in [1.54, 1.807) is 0 Å². The smallest absolute Gasteiger partial charge is 0.117 e. The first-order valence-electron chi connectivity index (χ1n) is 3.82. The molecule has 4 nitrogen and oxygen atoms in total. The van der Waals surface area contributed by atoms with Crippen LogP contribution in [0.2, 0.25) is 0 Å². The number of quaternary nitrogens is 1. The van der Waals surface area contributed by atoms with E-state index >= 15 is 0 Å². The summed E-state index contributed by atoms with van der Waals surface area (Å²) in [5.41, 5.74) is 2.65. The quantitative estimate of drug-likeness (QED) is 0.262. The van der Waals surface area contributed by atoms with Crippen LogP contribution in [-0.2, 0) is 4.84 Å². The number of hydrogen-bond acceptors (Lipinski definition) is 3. The molecular formula is C7H19ClN2O2. The van der Waals surface area contributed by atoms with Gasteiger partial charge in [-0.3, -0.25) is 4.84 Å². The number of aliphatic hydroxyl groups is 1.